The maximum Gasteiger partial charge on any atom is 0.264 e. The van der Waals surface area contributed by atoms with Gasteiger partial charge in [0.1, 0.15) is 0 Å². The van der Waals surface area contributed by atoms with Gasteiger partial charge < -0.3 is 5.32 Å². The Labute approximate surface area is 133 Å². The van der Waals surface area contributed by atoms with Crippen molar-refractivity contribution in [3.8, 4) is 0 Å². The molecule has 122 valence electrons. The second-order valence-corrected chi connectivity index (χ2v) is 6.92. The maximum absolute atomic E-state index is 12.6. The molecule has 0 aliphatic carbocycles. The third kappa shape index (κ3) is 3.68. The molecule has 22 heavy (non-hydrogen) atoms. The SMILES string of the molecule is CCCCCCC1(OOC(C)(C)C)C(=O)Nc2ccccc21. The summed E-state index contributed by atoms with van der Waals surface area (Å²) >= 11 is 0. The fourth-order valence-corrected chi connectivity index (χ4v) is 2.66. The Hall–Kier alpha value is -1.39. The van der Waals surface area contributed by atoms with E-state index in [1.807, 2.05) is 45.0 Å². The quantitative estimate of drug-likeness (QED) is 0.456. The zero-order valence-corrected chi connectivity index (χ0v) is 14.1. The normalized spacial score (nSPS) is 20.8. The lowest BCUT2D eigenvalue weighted by atomic mass is 9.89. The molecular formula is C18H27NO3. The van der Waals surface area contributed by atoms with Gasteiger partial charge in [0, 0.05) is 11.3 Å². The molecule has 4 nitrogen and oxygen atoms in total. The third-order valence-corrected chi connectivity index (χ3v) is 3.79. The third-order valence-electron chi connectivity index (χ3n) is 3.79. The van der Waals surface area contributed by atoms with E-state index < -0.39 is 11.2 Å². The Morgan fingerprint density at radius 1 is 1.14 bits per heavy atom. The first-order chi connectivity index (χ1) is 10.4. The van der Waals surface area contributed by atoms with Crippen LogP contribution in [0.15, 0.2) is 24.3 Å². The van der Waals surface area contributed by atoms with Gasteiger partial charge in [-0.3, -0.25) is 4.79 Å². The second-order valence-electron chi connectivity index (χ2n) is 6.92. The topological polar surface area (TPSA) is 47.6 Å². The minimum atomic E-state index is -1.03. The van der Waals surface area contributed by atoms with E-state index in [1.54, 1.807) is 0 Å². The number of para-hydroxylation sites is 1. The summed E-state index contributed by atoms with van der Waals surface area (Å²) in [7, 11) is 0. The second kappa shape index (κ2) is 6.80. The lowest BCUT2D eigenvalue weighted by Crippen LogP contribution is -2.40. The van der Waals surface area contributed by atoms with Gasteiger partial charge in [0.15, 0.2) is 0 Å². The Kier molecular flexibility index (Phi) is 5.24. The molecule has 1 amide bonds. The summed E-state index contributed by atoms with van der Waals surface area (Å²) in [5.41, 5.74) is 0.201. The van der Waals surface area contributed by atoms with E-state index in [0.717, 1.165) is 30.5 Å². The molecule has 1 heterocycles. The van der Waals surface area contributed by atoms with Crippen LogP contribution < -0.4 is 5.32 Å². The van der Waals surface area contributed by atoms with Crippen LogP contribution in [0.3, 0.4) is 0 Å². The molecule has 0 saturated heterocycles. The number of carbonyl (C=O) groups excluding carboxylic acids is 1. The first-order valence-corrected chi connectivity index (χ1v) is 8.17. The molecule has 0 aromatic heterocycles. The summed E-state index contributed by atoms with van der Waals surface area (Å²) in [5.74, 6) is -0.130. The first-order valence-electron chi connectivity index (χ1n) is 8.17. The Balaban J connectivity index is 2.23. The van der Waals surface area contributed by atoms with Gasteiger partial charge in [-0.2, -0.15) is 0 Å². The highest BCUT2D eigenvalue weighted by Crippen LogP contribution is 2.43. The summed E-state index contributed by atoms with van der Waals surface area (Å²) in [6.45, 7) is 7.91. The summed E-state index contributed by atoms with van der Waals surface area (Å²) in [4.78, 5) is 23.9. The Morgan fingerprint density at radius 2 is 1.86 bits per heavy atom. The molecule has 1 aliphatic rings. The van der Waals surface area contributed by atoms with Crippen molar-refractivity contribution in [3.63, 3.8) is 0 Å². The number of benzene rings is 1. The molecule has 1 unspecified atom stereocenters. The van der Waals surface area contributed by atoms with E-state index in [-0.39, 0.29) is 5.91 Å². The van der Waals surface area contributed by atoms with E-state index in [4.69, 9.17) is 9.78 Å². The van der Waals surface area contributed by atoms with Gasteiger partial charge in [0.2, 0.25) is 5.60 Å². The van der Waals surface area contributed by atoms with Crippen molar-refractivity contribution >= 4 is 11.6 Å². The number of nitrogens with one attached hydrogen (secondary N) is 1. The Bertz CT molecular complexity index is 521. The number of amides is 1. The van der Waals surface area contributed by atoms with Crippen molar-refractivity contribution in [3.05, 3.63) is 29.8 Å². The fraction of sp³-hybridized carbons (Fsp3) is 0.611. The van der Waals surface area contributed by atoms with Gasteiger partial charge in [-0.1, -0.05) is 44.4 Å². The monoisotopic (exact) mass is 305 g/mol. The van der Waals surface area contributed by atoms with Crippen molar-refractivity contribution < 1.29 is 14.6 Å². The van der Waals surface area contributed by atoms with Crippen molar-refractivity contribution in [2.75, 3.05) is 5.32 Å². The Morgan fingerprint density at radius 3 is 2.55 bits per heavy atom. The number of rotatable bonds is 7. The number of hydrogen-bond donors (Lipinski definition) is 1. The molecule has 1 aromatic carbocycles. The average molecular weight is 305 g/mol. The standard InChI is InChI=1S/C18H27NO3/c1-5-6-7-10-13-18(22-21-17(2,3)4)14-11-8-9-12-15(14)19-16(18)20/h8-9,11-12H,5-7,10,13H2,1-4H3,(H,19,20). The van der Waals surface area contributed by atoms with Crippen LogP contribution in [0.5, 0.6) is 0 Å². The number of hydrogen-bond acceptors (Lipinski definition) is 3. The van der Waals surface area contributed by atoms with Crippen molar-refractivity contribution in [2.24, 2.45) is 0 Å². The molecule has 0 radical (unpaired) electrons. The van der Waals surface area contributed by atoms with Crippen molar-refractivity contribution in [1.82, 2.24) is 0 Å². The van der Waals surface area contributed by atoms with Crippen LogP contribution in [0.2, 0.25) is 0 Å². The van der Waals surface area contributed by atoms with Crippen LogP contribution >= 0.6 is 0 Å². The smallest absolute Gasteiger partial charge is 0.264 e. The summed E-state index contributed by atoms with van der Waals surface area (Å²) in [6, 6.07) is 7.69. The lowest BCUT2D eigenvalue weighted by Gasteiger charge is -2.30. The maximum atomic E-state index is 12.6. The van der Waals surface area contributed by atoms with Gasteiger partial charge in [0.05, 0.1) is 5.60 Å². The highest BCUT2D eigenvalue weighted by molar-refractivity contribution is 6.05. The number of anilines is 1. The number of carbonyl (C=O) groups is 1. The molecule has 0 spiro atoms. The van der Waals surface area contributed by atoms with Crippen LogP contribution in [-0.4, -0.2) is 11.5 Å². The van der Waals surface area contributed by atoms with Crippen LogP contribution in [-0.2, 0) is 20.2 Å². The number of unbranched alkanes of at least 4 members (excludes halogenated alkanes) is 3. The molecular weight excluding hydrogens is 278 g/mol. The van der Waals surface area contributed by atoms with Gasteiger partial charge in [-0.05, 0) is 39.7 Å². The van der Waals surface area contributed by atoms with Gasteiger partial charge >= 0.3 is 0 Å². The van der Waals surface area contributed by atoms with Gasteiger partial charge in [-0.25, -0.2) is 9.78 Å². The highest BCUT2D eigenvalue weighted by Gasteiger charge is 2.49. The molecule has 0 saturated carbocycles. The van der Waals surface area contributed by atoms with E-state index >= 15 is 0 Å². The molecule has 1 aromatic rings. The van der Waals surface area contributed by atoms with Crippen molar-refractivity contribution in [2.45, 2.75) is 71.0 Å². The minimum Gasteiger partial charge on any atom is -0.323 e. The van der Waals surface area contributed by atoms with Gasteiger partial charge in [-0.15, -0.1) is 0 Å². The molecule has 1 atom stereocenters. The van der Waals surface area contributed by atoms with Gasteiger partial charge in [0.25, 0.3) is 5.91 Å². The van der Waals surface area contributed by atoms with E-state index in [9.17, 15) is 4.79 Å². The molecule has 1 N–H and O–H groups in total. The zero-order chi connectivity index (χ0) is 16.2. The first kappa shape index (κ1) is 17.0. The van der Waals surface area contributed by atoms with Crippen molar-refractivity contribution in [1.29, 1.82) is 0 Å². The predicted molar refractivity (Wildman–Crippen MR) is 87.4 cm³/mol. The van der Waals surface area contributed by atoms with E-state index in [0.29, 0.717) is 6.42 Å². The van der Waals surface area contributed by atoms with E-state index in [1.165, 1.54) is 6.42 Å². The fourth-order valence-electron chi connectivity index (χ4n) is 2.66. The summed E-state index contributed by atoms with van der Waals surface area (Å²) in [6.07, 6.45) is 4.98. The zero-order valence-electron chi connectivity index (χ0n) is 14.1. The summed E-state index contributed by atoms with van der Waals surface area (Å²) in [5, 5.41) is 2.92. The lowest BCUT2D eigenvalue weighted by molar-refractivity contribution is -0.398. The molecule has 4 heteroatoms. The molecule has 0 bridgehead atoms. The summed E-state index contributed by atoms with van der Waals surface area (Å²) < 4.78 is 0. The molecule has 0 fully saturated rings. The highest BCUT2D eigenvalue weighted by atomic mass is 17.2. The van der Waals surface area contributed by atoms with Crippen LogP contribution in [0.25, 0.3) is 0 Å². The van der Waals surface area contributed by atoms with E-state index in [2.05, 4.69) is 12.2 Å². The van der Waals surface area contributed by atoms with Crippen LogP contribution in [0.4, 0.5) is 5.69 Å². The number of fused-ring (bicyclic) bond motifs is 1. The molecule has 2 rings (SSSR count). The predicted octanol–water partition coefficient (Wildman–Crippen LogP) is 4.55. The van der Waals surface area contributed by atoms with Crippen LogP contribution in [0.1, 0.15) is 65.4 Å². The average Bonchev–Trinajstić information content (AvgIpc) is 2.74. The largest absolute Gasteiger partial charge is 0.323 e. The minimum absolute atomic E-state index is 0.130. The van der Waals surface area contributed by atoms with Crippen LogP contribution in [0, 0.1) is 0 Å². The molecule has 1 aliphatic heterocycles.